The smallest absolute Gasteiger partial charge is 0.194 e. The zero-order valence-corrected chi connectivity index (χ0v) is 18.4. The summed E-state index contributed by atoms with van der Waals surface area (Å²) in [5.74, 6) is -4.52. The number of unbranched alkanes of at least 4 members (excludes halogenated alkanes) is 2. The van der Waals surface area contributed by atoms with Crippen LogP contribution in [0.5, 0.6) is 0 Å². The molecule has 0 aromatic heterocycles. The first-order chi connectivity index (χ1) is 16.0. The maximum atomic E-state index is 14.7. The minimum atomic E-state index is -1.58. The molecule has 0 unspecified atom stereocenters. The van der Waals surface area contributed by atoms with Crippen LogP contribution in [0.4, 0.5) is 17.6 Å². The highest BCUT2D eigenvalue weighted by atomic mass is 19.2. The van der Waals surface area contributed by atoms with Crippen molar-refractivity contribution in [2.45, 2.75) is 38.9 Å². The number of benzene rings is 3. The summed E-state index contributed by atoms with van der Waals surface area (Å²) in [6, 6.07) is 13.4. The lowest BCUT2D eigenvalue weighted by atomic mass is 9.98. The van der Waals surface area contributed by atoms with Gasteiger partial charge in [0.25, 0.3) is 0 Å². The van der Waals surface area contributed by atoms with Gasteiger partial charge in [-0.1, -0.05) is 62.6 Å². The molecule has 0 saturated carbocycles. The van der Waals surface area contributed by atoms with Crippen molar-refractivity contribution in [2.24, 2.45) is 5.92 Å². The van der Waals surface area contributed by atoms with E-state index in [1.165, 1.54) is 31.4 Å². The number of ether oxygens (including phenoxy) is 2. The van der Waals surface area contributed by atoms with Crippen LogP contribution in [0.2, 0.25) is 0 Å². The van der Waals surface area contributed by atoms with E-state index >= 15 is 0 Å². The maximum absolute atomic E-state index is 14.7. The van der Waals surface area contributed by atoms with Gasteiger partial charge in [0.15, 0.2) is 23.7 Å². The normalized spacial score (nSPS) is 18.5. The Kier molecular flexibility index (Phi) is 7.46. The SMILES string of the molecule is CCCCCC1COC(c2ccc(-c3ccc(-c4cc(F)c(F)c(F)c4)c(F)c3)cc2)OC1. The van der Waals surface area contributed by atoms with Crippen molar-refractivity contribution >= 4 is 0 Å². The van der Waals surface area contributed by atoms with E-state index in [0.29, 0.717) is 24.7 Å². The zero-order chi connectivity index (χ0) is 23.4. The van der Waals surface area contributed by atoms with Gasteiger partial charge in [0.05, 0.1) is 13.2 Å². The van der Waals surface area contributed by atoms with E-state index in [1.807, 2.05) is 24.3 Å². The fourth-order valence-corrected chi connectivity index (χ4v) is 4.06. The summed E-state index contributed by atoms with van der Waals surface area (Å²) in [5, 5.41) is 0. The summed E-state index contributed by atoms with van der Waals surface area (Å²) in [4.78, 5) is 0. The van der Waals surface area contributed by atoms with Gasteiger partial charge in [-0.2, -0.15) is 0 Å². The molecule has 1 aliphatic rings. The molecule has 33 heavy (non-hydrogen) atoms. The van der Waals surface area contributed by atoms with E-state index in [-0.39, 0.29) is 11.1 Å². The van der Waals surface area contributed by atoms with Crippen LogP contribution in [0.3, 0.4) is 0 Å². The van der Waals surface area contributed by atoms with Gasteiger partial charge < -0.3 is 9.47 Å². The van der Waals surface area contributed by atoms with Crippen LogP contribution in [-0.2, 0) is 9.47 Å². The van der Waals surface area contributed by atoms with Gasteiger partial charge in [-0.05, 0) is 41.3 Å². The Morgan fingerprint density at radius 1 is 0.727 bits per heavy atom. The van der Waals surface area contributed by atoms with Crippen LogP contribution in [-0.4, -0.2) is 13.2 Å². The molecule has 0 atom stereocenters. The quantitative estimate of drug-likeness (QED) is 0.204. The van der Waals surface area contributed by atoms with Crippen molar-refractivity contribution in [3.63, 3.8) is 0 Å². The Balaban J connectivity index is 1.44. The van der Waals surface area contributed by atoms with Gasteiger partial charge in [-0.25, -0.2) is 17.6 Å². The first kappa shape index (κ1) is 23.5. The summed E-state index contributed by atoms with van der Waals surface area (Å²) in [6.45, 7) is 3.53. The summed E-state index contributed by atoms with van der Waals surface area (Å²) in [5.41, 5.74) is 2.19. The largest absolute Gasteiger partial charge is 0.348 e. The number of halogens is 4. The Bertz CT molecular complexity index is 1070. The second-order valence-corrected chi connectivity index (χ2v) is 8.43. The van der Waals surface area contributed by atoms with E-state index in [0.717, 1.165) is 29.7 Å². The molecule has 0 N–H and O–H groups in total. The number of rotatable bonds is 7. The van der Waals surface area contributed by atoms with Crippen LogP contribution in [0.1, 0.15) is 44.5 Å². The van der Waals surface area contributed by atoms with Crippen LogP contribution in [0.15, 0.2) is 54.6 Å². The van der Waals surface area contributed by atoms with Gasteiger partial charge in [-0.15, -0.1) is 0 Å². The highest BCUT2D eigenvalue weighted by molar-refractivity contribution is 5.71. The third-order valence-corrected chi connectivity index (χ3v) is 5.96. The highest BCUT2D eigenvalue weighted by Crippen LogP contribution is 2.32. The Morgan fingerprint density at radius 2 is 1.33 bits per heavy atom. The van der Waals surface area contributed by atoms with Gasteiger partial charge in [0.2, 0.25) is 0 Å². The lowest BCUT2D eigenvalue weighted by Gasteiger charge is -2.29. The zero-order valence-electron chi connectivity index (χ0n) is 18.4. The molecule has 0 radical (unpaired) electrons. The van der Waals surface area contributed by atoms with Crippen molar-refractivity contribution in [1.29, 1.82) is 0 Å². The first-order valence-electron chi connectivity index (χ1n) is 11.2. The molecule has 0 bridgehead atoms. The standard InChI is InChI=1S/C27H26F4O2/c1-2-3-4-5-17-15-32-27(33-16-17)19-8-6-18(7-9-19)20-10-11-22(23(28)12-20)21-13-24(29)26(31)25(30)14-21/h6-14,17,27H,2-5,15-16H2,1H3. The third kappa shape index (κ3) is 5.45. The second-order valence-electron chi connectivity index (χ2n) is 8.43. The maximum Gasteiger partial charge on any atom is 0.194 e. The number of hydrogen-bond donors (Lipinski definition) is 0. The highest BCUT2D eigenvalue weighted by Gasteiger charge is 2.23. The van der Waals surface area contributed by atoms with Crippen molar-refractivity contribution in [2.75, 3.05) is 13.2 Å². The van der Waals surface area contributed by atoms with E-state index in [4.69, 9.17) is 9.47 Å². The molecule has 6 heteroatoms. The molecule has 2 nitrogen and oxygen atoms in total. The Morgan fingerprint density at radius 3 is 1.94 bits per heavy atom. The van der Waals surface area contributed by atoms with E-state index in [1.54, 1.807) is 6.07 Å². The van der Waals surface area contributed by atoms with Crippen molar-refractivity contribution < 1.29 is 27.0 Å². The first-order valence-corrected chi connectivity index (χ1v) is 11.2. The third-order valence-electron chi connectivity index (χ3n) is 5.96. The van der Waals surface area contributed by atoms with E-state index < -0.39 is 29.6 Å². The molecular formula is C27H26F4O2. The molecule has 1 aliphatic heterocycles. The summed E-state index contributed by atoms with van der Waals surface area (Å²) < 4.78 is 66.8. The molecule has 1 fully saturated rings. The Labute approximate surface area is 191 Å². The van der Waals surface area contributed by atoms with E-state index in [2.05, 4.69) is 6.92 Å². The predicted molar refractivity (Wildman–Crippen MR) is 119 cm³/mol. The van der Waals surface area contributed by atoms with Crippen LogP contribution >= 0.6 is 0 Å². The molecule has 3 aromatic rings. The lowest BCUT2D eigenvalue weighted by Crippen LogP contribution is -2.27. The molecule has 3 aromatic carbocycles. The molecule has 174 valence electrons. The fraction of sp³-hybridized carbons (Fsp3) is 0.333. The molecule has 0 aliphatic carbocycles. The monoisotopic (exact) mass is 458 g/mol. The predicted octanol–water partition coefficient (Wildman–Crippen LogP) is 7.82. The Hall–Kier alpha value is -2.70. The van der Waals surface area contributed by atoms with Crippen LogP contribution < -0.4 is 0 Å². The van der Waals surface area contributed by atoms with Gasteiger partial charge in [0.1, 0.15) is 5.82 Å². The summed E-state index contributed by atoms with van der Waals surface area (Å²) in [6.07, 6.45) is 4.30. The van der Waals surface area contributed by atoms with Crippen molar-refractivity contribution in [3.05, 3.63) is 83.4 Å². The molecular weight excluding hydrogens is 432 g/mol. The van der Waals surface area contributed by atoms with Gasteiger partial charge >= 0.3 is 0 Å². The minimum Gasteiger partial charge on any atom is -0.348 e. The fourth-order valence-electron chi connectivity index (χ4n) is 4.06. The lowest BCUT2D eigenvalue weighted by molar-refractivity contribution is -0.206. The average molecular weight is 458 g/mol. The van der Waals surface area contributed by atoms with Crippen molar-refractivity contribution in [3.8, 4) is 22.3 Å². The summed E-state index contributed by atoms with van der Waals surface area (Å²) in [7, 11) is 0. The molecule has 1 saturated heterocycles. The summed E-state index contributed by atoms with van der Waals surface area (Å²) >= 11 is 0. The molecule has 4 rings (SSSR count). The second kappa shape index (κ2) is 10.5. The average Bonchev–Trinajstić information content (AvgIpc) is 2.83. The topological polar surface area (TPSA) is 18.5 Å². The minimum absolute atomic E-state index is 0.00864. The van der Waals surface area contributed by atoms with Crippen LogP contribution in [0.25, 0.3) is 22.3 Å². The van der Waals surface area contributed by atoms with Gasteiger partial charge in [0, 0.05) is 17.0 Å². The van der Waals surface area contributed by atoms with Gasteiger partial charge in [-0.3, -0.25) is 0 Å². The molecule has 1 heterocycles. The molecule has 0 amide bonds. The van der Waals surface area contributed by atoms with E-state index in [9.17, 15) is 17.6 Å². The van der Waals surface area contributed by atoms with Crippen LogP contribution in [0, 0.1) is 29.2 Å². The molecule has 0 spiro atoms. The van der Waals surface area contributed by atoms with Crippen molar-refractivity contribution in [1.82, 2.24) is 0 Å². The number of hydrogen-bond acceptors (Lipinski definition) is 2.